The number of hydrogen-bond acceptors (Lipinski definition) is 1. The van der Waals surface area contributed by atoms with Crippen LogP contribution >= 0.6 is 0 Å². The van der Waals surface area contributed by atoms with E-state index in [4.69, 9.17) is 0 Å². The molecule has 1 unspecified atom stereocenters. The molecule has 2 nitrogen and oxygen atoms in total. The normalized spacial score (nSPS) is 11.7. The molecule has 30 heavy (non-hydrogen) atoms. The molecule has 1 N–H and O–H groups in total. The molecule has 3 aromatic rings. The summed E-state index contributed by atoms with van der Waals surface area (Å²) in [5.74, 6) is 0.701. The minimum atomic E-state index is -0.00767. The van der Waals surface area contributed by atoms with E-state index in [1.165, 1.54) is 27.8 Å². The monoisotopic (exact) mass is 473 g/mol. The van der Waals surface area contributed by atoms with Crippen LogP contribution in [-0.4, -0.2) is 12.5 Å². The number of amides is 1. The summed E-state index contributed by atoms with van der Waals surface area (Å²) in [5.41, 5.74) is 8.04. The molecule has 0 aliphatic heterocycles. The standard InChI is InChI=1S/C27H30NO.Y/c1-18(2)17-28-27(29)23-12-14-24(20(4)16-23)26-15-19(3)11-13-25(26)21(5)22-9-7-6-8-10-22;/h7-16,18,21H,17H2,1-5H3,(H,28,29);/q-1;. The Morgan fingerprint density at radius 3 is 2.27 bits per heavy atom. The minimum Gasteiger partial charge on any atom is -0.352 e. The molecule has 0 fully saturated rings. The van der Waals surface area contributed by atoms with Crippen molar-refractivity contribution < 1.29 is 37.5 Å². The topological polar surface area (TPSA) is 29.1 Å². The Bertz CT molecular complexity index is 995. The van der Waals surface area contributed by atoms with Crippen LogP contribution in [0.5, 0.6) is 0 Å². The summed E-state index contributed by atoms with van der Waals surface area (Å²) in [6, 6.07) is 24.0. The molecule has 1 atom stereocenters. The quantitative estimate of drug-likeness (QED) is 0.418. The van der Waals surface area contributed by atoms with Crippen LogP contribution in [0.3, 0.4) is 0 Å². The molecule has 0 aliphatic carbocycles. The van der Waals surface area contributed by atoms with Gasteiger partial charge in [-0.3, -0.25) is 4.79 Å². The molecule has 0 heterocycles. The molecular weight excluding hydrogens is 443 g/mol. The van der Waals surface area contributed by atoms with Crippen molar-refractivity contribution in [3.63, 3.8) is 0 Å². The summed E-state index contributed by atoms with van der Waals surface area (Å²) in [4.78, 5) is 12.4. The molecule has 0 aliphatic rings. The molecule has 3 aromatic carbocycles. The summed E-state index contributed by atoms with van der Waals surface area (Å²) in [7, 11) is 0. The smallest absolute Gasteiger partial charge is 0.251 e. The Morgan fingerprint density at radius 1 is 0.933 bits per heavy atom. The zero-order chi connectivity index (χ0) is 21.0. The van der Waals surface area contributed by atoms with E-state index in [1.807, 2.05) is 24.3 Å². The van der Waals surface area contributed by atoms with Crippen molar-refractivity contribution >= 4 is 5.91 Å². The van der Waals surface area contributed by atoms with E-state index < -0.39 is 0 Å². The second-order valence-corrected chi connectivity index (χ2v) is 8.28. The van der Waals surface area contributed by atoms with Gasteiger partial charge < -0.3 is 5.32 Å². The predicted octanol–water partition coefficient (Wildman–Crippen LogP) is 6.31. The fraction of sp³-hybridized carbons (Fsp3) is 0.296. The Kier molecular flexibility index (Phi) is 9.00. The Balaban J connectivity index is 0.00000320. The van der Waals surface area contributed by atoms with E-state index in [2.05, 4.69) is 82.4 Å². The summed E-state index contributed by atoms with van der Waals surface area (Å²) in [6.45, 7) is 11.3. The van der Waals surface area contributed by atoms with E-state index >= 15 is 0 Å². The summed E-state index contributed by atoms with van der Waals surface area (Å²) < 4.78 is 0. The summed E-state index contributed by atoms with van der Waals surface area (Å²) in [5, 5.41) is 3.00. The maximum absolute atomic E-state index is 12.4. The third kappa shape index (κ3) is 5.89. The summed E-state index contributed by atoms with van der Waals surface area (Å²) >= 11 is 0. The van der Waals surface area contributed by atoms with Gasteiger partial charge in [0.15, 0.2) is 0 Å². The van der Waals surface area contributed by atoms with Crippen LogP contribution in [-0.2, 0) is 32.7 Å². The molecule has 1 amide bonds. The van der Waals surface area contributed by atoms with Crippen LogP contribution in [0, 0.1) is 25.8 Å². The molecule has 0 aromatic heterocycles. The van der Waals surface area contributed by atoms with E-state index in [0.717, 1.165) is 5.56 Å². The van der Waals surface area contributed by atoms with Crippen LogP contribution in [0.4, 0.5) is 0 Å². The molecule has 3 heteroatoms. The zero-order valence-electron chi connectivity index (χ0n) is 18.6. The van der Waals surface area contributed by atoms with Gasteiger partial charge in [0.25, 0.3) is 5.91 Å². The van der Waals surface area contributed by atoms with Gasteiger partial charge in [0, 0.05) is 44.8 Å². The van der Waals surface area contributed by atoms with Gasteiger partial charge in [0.1, 0.15) is 0 Å². The first-order valence-corrected chi connectivity index (χ1v) is 10.3. The number of hydrogen-bond donors (Lipinski definition) is 1. The fourth-order valence-corrected chi connectivity index (χ4v) is 3.65. The van der Waals surface area contributed by atoms with Gasteiger partial charge in [-0.05, 0) is 60.1 Å². The third-order valence-electron chi connectivity index (χ3n) is 5.37. The van der Waals surface area contributed by atoms with Crippen LogP contribution in [0.25, 0.3) is 11.1 Å². The molecule has 3 rings (SSSR count). The van der Waals surface area contributed by atoms with Crippen molar-refractivity contribution in [2.75, 3.05) is 6.54 Å². The van der Waals surface area contributed by atoms with E-state index in [9.17, 15) is 4.79 Å². The van der Waals surface area contributed by atoms with Crippen molar-refractivity contribution in [3.8, 4) is 11.1 Å². The molecular formula is C27H30NOY-. The van der Waals surface area contributed by atoms with Crippen LogP contribution in [0.1, 0.15) is 59.3 Å². The minimum absolute atomic E-state index is 0. The molecule has 0 saturated heterocycles. The van der Waals surface area contributed by atoms with E-state index in [0.29, 0.717) is 18.0 Å². The number of aryl methyl sites for hydroxylation is 2. The number of carbonyl (C=O) groups excluding carboxylic acids is 1. The maximum Gasteiger partial charge on any atom is 0.251 e. The van der Waals surface area contributed by atoms with Gasteiger partial charge in [-0.25, -0.2) is 0 Å². The fourth-order valence-electron chi connectivity index (χ4n) is 3.65. The number of rotatable bonds is 6. The van der Waals surface area contributed by atoms with Crippen LogP contribution < -0.4 is 5.32 Å². The van der Waals surface area contributed by atoms with Crippen molar-refractivity contribution in [1.82, 2.24) is 5.32 Å². The average molecular weight is 473 g/mol. The van der Waals surface area contributed by atoms with Gasteiger partial charge in [-0.2, -0.15) is 35.9 Å². The zero-order valence-corrected chi connectivity index (χ0v) is 21.5. The third-order valence-corrected chi connectivity index (χ3v) is 5.37. The number of benzene rings is 3. The first-order chi connectivity index (χ1) is 13.9. The van der Waals surface area contributed by atoms with Crippen molar-refractivity contribution in [2.45, 2.75) is 40.5 Å². The van der Waals surface area contributed by atoms with Crippen LogP contribution in [0.15, 0.2) is 60.7 Å². The number of carbonyl (C=O) groups is 1. The SMILES string of the molecule is Cc1ccc(C(C)c2cc[c-]cc2)c(-c2ccc(C(=O)NCC(C)C)cc2C)c1.[Y]. The summed E-state index contributed by atoms with van der Waals surface area (Å²) in [6.07, 6.45) is 0. The Hall–Kier alpha value is -1.77. The Labute approximate surface area is 206 Å². The van der Waals surface area contributed by atoms with Gasteiger partial charge in [0.05, 0.1) is 0 Å². The molecule has 0 spiro atoms. The van der Waals surface area contributed by atoms with Gasteiger partial charge in [-0.15, -0.1) is 0 Å². The Morgan fingerprint density at radius 2 is 1.63 bits per heavy atom. The van der Waals surface area contributed by atoms with Crippen molar-refractivity contribution in [1.29, 1.82) is 0 Å². The van der Waals surface area contributed by atoms with E-state index in [1.54, 1.807) is 0 Å². The average Bonchev–Trinajstić information content (AvgIpc) is 2.72. The van der Waals surface area contributed by atoms with Gasteiger partial charge in [0.2, 0.25) is 0 Å². The largest absolute Gasteiger partial charge is 0.352 e. The second kappa shape index (κ2) is 11.0. The van der Waals surface area contributed by atoms with E-state index in [-0.39, 0.29) is 44.5 Å². The van der Waals surface area contributed by atoms with Gasteiger partial charge >= 0.3 is 0 Å². The number of nitrogens with one attached hydrogen (secondary N) is 1. The molecule has 153 valence electrons. The van der Waals surface area contributed by atoms with Crippen molar-refractivity contribution in [2.24, 2.45) is 5.92 Å². The predicted molar refractivity (Wildman–Crippen MR) is 121 cm³/mol. The molecule has 0 saturated carbocycles. The maximum atomic E-state index is 12.4. The first kappa shape index (κ1) is 24.5. The van der Waals surface area contributed by atoms with Crippen LogP contribution in [0.2, 0.25) is 0 Å². The second-order valence-electron chi connectivity index (χ2n) is 8.28. The van der Waals surface area contributed by atoms with Gasteiger partial charge in [-0.1, -0.05) is 50.6 Å². The molecule has 1 radical (unpaired) electrons. The molecule has 0 bridgehead atoms. The van der Waals surface area contributed by atoms with Crippen molar-refractivity contribution in [3.05, 3.63) is 94.5 Å². The first-order valence-electron chi connectivity index (χ1n) is 10.3.